The lowest BCUT2D eigenvalue weighted by molar-refractivity contribution is -0.121. The van der Waals surface area contributed by atoms with Crippen molar-refractivity contribution in [3.8, 4) is 5.69 Å². The van der Waals surface area contributed by atoms with Gasteiger partial charge in [-0.1, -0.05) is 11.6 Å². The van der Waals surface area contributed by atoms with E-state index in [1.54, 1.807) is 22.9 Å². The SMILES string of the molecule is Cc1nn(-c2ccc(Cl)cc2)c2sc(C(=O)OCC(N)=O)cc12. The first kappa shape index (κ1) is 15.5. The summed E-state index contributed by atoms with van der Waals surface area (Å²) in [6, 6.07) is 8.95. The molecule has 0 aliphatic rings. The number of nitrogens with zero attached hydrogens (tertiary/aromatic N) is 2. The van der Waals surface area contributed by atoms with Crippen LogP contribution in [0.25, 0.3) is 15.9 Å². The molecule has 0 aliphatic heterocycles. The van der Waals surface area contributed by atoms with Gasteiger partial charge in [-0.15, -0.1) is 11.3 Å². The molecule has 0 unspecified atom stereocenters. The summed E-state index contributed by atoms with van der Waals surface area (Å²) in [5.74, 6) is -1.27. The van der Waals surface area contributed by atoms with Crippen molar-refractivity contribution in [2.75, 3.05) is 6.61 Å². The standard InChI is InChI=1S/C15H12ClN3O3S/c1-8-11-6-12(15(21)22-7-13(17)20)23-14(11)19(18-8)10-4-2-9(16)3-5-10/h2-6H,7H2,1H3,(H2,17,20). The summed E-state index contributed by atoms with van der Waals surface area (Å²) in [7, 11) is 0. The highest BCUT2D eigenvalue weighted by molar-refractivity contribution is 7.20. The molecule has 2 N–H and O–H groups in total. The Labute approximate surface area is 140 Å². The zero-order valence-corrected chi connectivity index (χ0v) is 13.6. The van der Waals surface area contributed by atoms with Crippen molar-refractivity contribution < 1.29 is 14.3 Å². The highest BCUT2D eigenvalue weighted by Crippen LogP contribution is 2.31. The summed E-state index contributed by atoms with van der Waals surface area (Å²) in [6.45, 7) is 1.43. The molecule has 0 fully saturated rings. The second-order valence-electron chi connectivity index (χ2n) is 4.85. The van der Waals surface area contributed by atoms with Gasteiger partial charge >= 0.3 is 5.97 Å². The molecule has 3 rings (SSSR count). The number of aryl methyl sites for hydroxylation is 1. The highest BCUT2D eigenvalue weighted by atomic mass is 35.5. The number of thiophene rings is 1. The number of fused-ring (bicyclic) bond motifs is 1. The fourth-order valence-electron chi connectivity index (χ4n) is 2.11. The van der Waals surface area contributed by atoms with Crippen LogP contribution in [0, 0.1) is 6.92 Å². The van der Waals surface area contributed by atoms with Gasteiger partial charge in [-0.05, 0) is 37.3 Å². The Morgan fingerprint density at radius 2 is 2.04 bits per heavy atom. The van der Waals surface area contributed by atoms with Gasteiger partial charge in [0.05, 0.1) is 11.4 Å². The van der Waals surface area contributed by atoms with Crippen LogP contribution in [0.15, 0.2) is 30.3 Å². The molecular formula is C15H12ClN3O3S. The maximum absolute atomic E-state index is 12.0. The number of aromatic nitrogens is 2. The third-order valence-electron chi connectivity index (χ3n) is 3.16. The van der Waals surface area contributed by atoms with E-state index < -0.39 is 18.5 Å². The summed E-state index contributed by atoms with van der Waals surface area (Å²) in [5, 5.41) is 5.97. The average Bonchev–Trinajstić information content (AvgIpc) is 3.07. The predicted molar refractivity (Wildman–Crippen MR) is 88.2 cm³/mol. The number of carbonyl (C=O) groups is 2. The number of hydrogen-bond acceptors (Lipinski definition) is 5. The zero-order valence-electron chi connectivity index (χ0n) is 12.1. The molecule has 118 valence electrons. The average molecular weight is 350 g/mol. The highest BCUT2D eigenvalue weighted by Gasteiger charge is 2.18. The number of nitrogens with two attached hydrogens (primary N) is 1. The molecule has 1 aromatic carbocycles. The molecule has 8 heteroatoms. The van der Waals surface area contributed by atoms with Gasteiger partial charge < -0.3 is 10.5 Å². The third-order valence-corrected chi connectivity index (χ3v) is 4.51. The van der Waals surface area contributed by atoms with Gasteiger partial charge in [0.25, 0.3) is 5.91 Å². The summed E-state index contributed by atoms with van der Waals surface area (Å²) in [5.41, 5.74) is 6.60. The van der Waals surface area contributed by atoms with Crippen LogP contribution in [0.4, 0.5) is 0 Å². The lowest BCUT2D eigenvalue weighted by atomic mass is 10.3. The second-order valence-corrected chi connectivity index (χ2v) is 6.31. The first-order valence-corrected chi connectivity index (χ1v) is 7.85. The molecule has 0 atom stereocenters. The summed E-state index contributed by atoms with van der Waals surface area (Å²) in [6.07, 6.45) is 0. The van der Waals surface area contributed by atoms with E-state index in [2.05, 4.69) is 5.10 Å². The minimum absolute atomic E-state index is 0.393. The lowest BCUT2D eigenvalue weighted by Gasteiger charge is -2.02. The first-order valence-electron chi connectivity index (χ1n) is 6.66. The number of esters is 1. The molecule has 23 heavy (non-hydrogen) atoms. The molecule has 0 aliphatic carbocycles. The number of halogens is 1. The van der Waals surface area contributed by atoms with Crippen LogP contribution in [0.1, 0.15) is 15.4 Å². The fourth-order valence-corrected chi connectivity index (χ4v) is 3.32. The lowest BCUT2D eigenvalue weighted by Crippen LogP contribution is -2.20. The monoisotopic (exact) mass is 349 g/mol. The topological polar surface area (TPSA) is 87.2 Å². The van der Waals surface area contributed by atoms with Crippen LogP contribution < -0.4 is 5.73 Å². The summed E-state index contributed by atoms with van der Waals surface area (Å²) in [4.78, 5) is 23.9. The van der Waals surface area contributed by atoms with E-state index in [9.17, 15) is 9.59 Å². The van der Waals surface area contributed by atoms with E-state index in [4.69, 9.17) is 22.1 Å². The van der Waals surface area contributed by atoms with Gasteiger partial charge in [0.15, 0.2) is 6.61 Å². The molecule has 3 aromatic rings. The number of ether oxygens (including phenoxy) is 1. The van der Waals surface area contributed by atoms with Crippen molar-refractivity contribution in [2.45, 2.75) is 6.92 Å². The number of primary amides is 1. The van der Waals surface area contributed by atoms with E-state index in [-0.39, 0.29) is 0 Å². The Morgan fingerprint density at radius 1 is 1.35 bits per heavy atom. The normalized spacial score (nSPS) is 10.9. The van der Waals surface area contributed by atoms with Crippen molar-refractivity contribution in [3.05, 3.63) is 45.9 Å². The van der Waals surface area contributed by atoms with Crippen molar-refractivity contribution in [2.24, 2.45) is 5.73 Å². The molecule has 2 aromatic heterocycles. The smallest absolute Gasteiger partial charge is 0.348 e. The zero-order chi connectivity index (χ0) is 16.6. The Hall–Kier alpha value is -2.38. The van der Waals surface area contributed by atoms with Gasteiger partial charge in [-0.2, -0.15) is 5.10 Å². The first-order chi connectivity index (χ1) is 11.0. The molecule has 2 heterocycles. The van der Waals surface area contributed by atoms with Gasteiger partial charge in [0, 0.05) is 10.4 Å². The van der Waals surface area contributed by atoms with Crippen LogP contribution in [-0.2, 0) is 9.53 Å². The number of hydrogen-bond donors (Lipinski definition) is 1. The molecule has 6 nitrogen and oxygen atoms in total. The van der Waals surface area contributed by atoms with Crippen LogP contribution >= 0.6 is 22.9 Å². The van der Waals surface area contributed by atoms with Crippen LogP contribution in [-0.4, -0.2) is 28.3 Å². The van der Waals surface area contributed by atoms with Crippen molar-refractivity contribution in [1.82, 2.24) is 9.78 Å². The fraction of sp³-hybridized carbons (Fsp3) is 0.133. The molecule has 0 saturated carbocycles. The van der Waals surface area contributed by atoms with E-state index in [0.717, 1.165) is 21.6 Å². The van der Waals surface area contributed by atoms with E-state index in [0.29, 0.717) is 9.90 Å². The molecule has 0 radical (unpaired) electrons. The second kappa shape index (κ2) is 6.02. The molecule has 0 saturated heterocycles. The largest absolute Gasteiger partial charge is 0.451 e. The summed E-state index contributed by atoms with van der Waals surface area (Å²) < 4.78 is 6.59. The Bertz CT molecular complexity index is 899. The minimum atomic E-state index is -0.692. The Balaban J connectivity index is 2.00. The quantitative estimate of drug-likeness (QED) is 0.733. The maximum atomic E-state index is 12.0. The minimum Gasteiger partial charge on any atom is -0.451 e. The van der Waals surface area contributed by atoms with Crippen LogP contribution in [0.5, 0.6) is 0 Å². The van der Waals surface area contributed by atoms with Gasteiger partial charge in [-0.3, -0.25) is 4.79 Å². The van der Waals surface area contributed by atoms with Gasteiger partial charge in [0.2, 0.25) is 0 Å². The van der Waals surface area contributed by atoms with E-state index in [1.807, 2.05) is 19.1 Å². The van der Waals surface area contributed by atoms with Crippen LogP contribution in [0.3, 0.4) is 0 Å². The molecular weight excluding hydrogens is 338 g/mol. The van der Waals surface area contributed by atoms with Gasteiger partial charge in [-0.25, -0.2) is 9.48 Å². The summed E-state index contributed by atoms with van der Waals surface area (Å²) >= 11 is 7.15. The van der Waals surface area contributed by atoms with Gasteiger partial charge in [0.1, 0.15) is 9.71 Å². The third kappa shape index (κ3) is 3.06. The van der Waals surface area contributed by atoms with Crippen LogP contribution in [0.2, 0.25) is 5.02 Å². The molecule has 0 spiro atoms. The predicted octanol–water partition coefficient (Wildman–Crippen LogP) is 2.69. The van der Waals surface area contributed by atoms with Crippen molar-refractivity contribution in [3.63, 3.8) is 0 Å². The Morgan fingerprint density at radius 3 is 2.70 bits per heavy atom. The molecule has 1 amide bonds. The number of rotatable bonds is 4. The number of carbonyl (C=O) groups excluding carboxylic acids is 2. The van der Waals surface area contributed by atoms with Crippen molar-refractivity contribution >= 4 is 45.0 Å². The van der Waals surface area contributed by atoms with E-state index >= 15 is 0 Å². The maximum Gasteiger partial charge on any atom is 0.348 e. The van der Waals surface area contributed by atoms with Crippen molar-refractivity contribution in [1.29, 1.82) is 0 Å². The molecule has 0 bridgehead atoms. The number of amides is 1. The van der Waals surface area contributed by atoms with E-state index in [1.165, 1.54) is 11.3 Å². The number of benzene rings is 1. The Kier molecular flexibility index (Phi) is 4.06.